The van der Waals surface area contributed by atoms with E-state index in [0.717, 1.165) is 30.8 Å². The van der Waals surface area contributed by atoms with Gasteiger partial charge in [0.15, 0.2) is 0 Å². The van der Waals surface area contributed by atoms with Crippen molar-refractivity contribution in [3.63, 3.8) is 0 Å². The van der Waals surface area contributed by atoms with Gasteiger partial charge in [0.05, 0.1) is 5.56 Å². The zero-order valence-electron chi connectivity index (χ0n) is 12.6. The normalized spacial score (nSPS) is 17.7. The average Bonchev–Trinajstić information content (AvgIpc) is 2.56. The van der Waals surface area contributed by atoms with E-state index in [4.69, 9.17) is 4.74 Å². The molecule has 1 N–H and O–H groups in total. The molecule has 0 radical (unpaired) electrons. The van der Waals surface area contributed by atoms with Gasteiger partial charge in [0.25, 0.3) is 0 Å². The van der Waals surface area contributed by atoms with Crippen molar-refractivity contribution in [3.05, 3.63) is 65.7 Å². The van der Waals surface area contributed by atoms with Gasteiger partial charge >= 0.3 is 6.18 Å². The van der Waals surface area contributed by atoms with Gasteiger partial charge in [0.2, 0.25) is 0 Å². The highest BCUT2D eigenvalue weighted by atomic mass is 19.4. The first-order valence-corrected chi connectivity index (χ1v) is 7.62. The van der Waals surface area contributed by atoms with Crippen LogP contribution in [0.4, 0.5) is 13.2 Å². The molecule has 2 aromatic carbocycles. The number of piperidine rings is 1. The number of alkyl halides is 3. The van der Waals surface area contributed by atoms with Gasteiger partial charge in [-0.2, -0.15) is 13.2 Å². The fourth-order valence-electron chi connectivity index (χ4n) is 2.98. The Kier molecular flexibility index (Phi) is 4.31. The lowest BCUT2D eigenvalue weighted by Crippen LogP contribution is -2.44. The zero-order valence-corrected chi connectivity index (χ0v) is 12.6. The van der Waals surface area contributed by atoms with Gasteiger partial charge in [-0.05, 0) is 36.9 Å². The number of hydrogen-bond acceptors (Lipinski definition) is 2. The number of hydrogen-bond donors (Lipinski definition) is 1. The predicted octanol–water partition coefficient (Wildman–Crippen LogP) is 4.36. The molecule has 1 aliphatic rings. The SMILES string of the molecule is FC(F)(F)c1cccc(OC2(c3ccccc3)CCNCC2)c1. The standard InChI is InChI=1S/C18H18F3NO/c19-18(20,21)15-7-4-8-16(13-15)23-17(9-11-22-12-10-17)14-5-2-1-3-6-14/h1-8,13,22H,9-12H2. The number of halogens is 3. The molecule has 1 heterocycles. The lowest BCUT2D eigenvalue weighted by molar-refractivity contribution is -0.137. The Balaban J connectivity index is 1.94. The molecule has 0 unspecified atom stereocenters. The second kappa shape index (κ2) is 6.24. The molecule has 1 aliphatic heterocycles. The van der Waals surface area contributed by atoms with Crippen LogP contribution in [0.2, 0.25) is 0 Å². The summed E-state index contributed by atoms with van der Waals surface area (Å²) in [6.45, 7) is 1.54. The Morgan fingerprint density at radius 1 is 0.913 bits per heavy atom. The summed E-state index contributed by atoms with van der Waals surface area (Å²) in [6.07, 6.45) is -2.94. The number of rotatable bonds is 3. The van der Waals surface area contributed by atoms with Crippen molar-refractivity contribution in [1.29, 1.82) is 0 Å². The van der Waals surface area contributed by atoms with Crippen LogP contribution in [-0.4, -0.2) is 13.1 Å². The average molecular weight is 321 g/mol. The minimum absolute atomic E-state index is 0.255. The molecule has 0 saturated carbocycles. The van der Waals surface area contributed by atoms with E-state index >= 15 is 0 Å². The van der Waals surface area contributed by atoms with Gasteiger partial charge in [-0.25, -0.2) is 0 Å². The third-order valence-corrected chi connectivity index (χ3v) is 4.19. The molecule has 0 aliphatic carbocycles. The summed E-state index contributed by atoms with van der Waals surface area (Å²) in [5.41, 5.74) is -0.275. The van der Waals surface area contributed by atoms with E-state index in [2.05, 4.69) is 5.32 Å². The second-order valence-electron chi connectivity index (χ2n) is 5.74. The van der Waals surface area contributed by atoms with E-state index in [9.17, 15) is 13.2 Å². The van der Waals surface area contributed by atoms with Crippen molar-refractivity contribution in [2.75, 3.05) is 13.1 Å². The summed E-state index contributed by atoms with van der Waals surface area (Å²) in [5, 5.41) is 3.27. The molecular weight excluding hydrogens is 303 g/mol. The number of benzene rings is 2. The van der Waals surface area contributed by atoms with Crippen LogP contribution in [0, 0.1) is 0 Å². The van der Waals surface area contributed by atoms with Crippen LogP contribution >= 0.6 is 0 Å². The van der Waals surface area contributed by atoms with Crippen LogP contribution in [0.25, 0.3) is 0 Å². The first-order valence-electron chi connectivity index (χ1n) is 7.62. The molecule has 23 heavy (non-hydrogen) atoms. The summed E-state index contributed by atoms with van der Waals surface area (Å²) < 4.78 is 44.8. The molecular formula is C18H18F3NO. The predicted molar refractivity (Wildman–Crippen MR) is 82.3 cm³/mol. The van der Waals surface area contributed by atoms with Crippen LogP contribution in [0.3, 0.4) is 0 Å². The first kappa shape index (κ1) is 15.9. The van der Waals surface area contributed by atoms with Crippen LogP contribution in [0.1, 0.15) is 24.0 Å². The van der Waals surface area contributed by atoms with Crippen molar-refractivity contribution < 1.29 is 17.9 Å². The summed E-state index contributed by atoms with van der Waals surface area (Å²) in [5.74, 6) is 0.255. The van der Waals surface area contributed by atoms with Crippen LogP contribution in [0.15, 0.2) is 54.6 Å². The number of nitrogens with one attached hydrogen (secondary N) is 1. The molecule has 0 spiro atoms. The van der Waals surface area contributed by atoms with E-state index in [1.54, 1.807) is 6.07 Å². The fraction of sp³-hybridized carbons (Fsp3) is 0.333. The highest BCUT2D eigenvalue weighted by Gasteiger charge is 2.37. The quantitative estimate of drug-likeness (QED) is 0.907. The maximum Gasteiger partial charge on any atom is 0.416 e. The van der Waals surface area contributed by atoms with Crippen molar-refractivity contribution in [1.82, 2.24) is 5.32 Å². The van der Waals surface area contributed by atoms with Crippen LogP contribution in [-0.2, 0) is 11.8 Å². The van der Waals surface area contributed by atoms with Gasteiger partial charge < -0.3 is 10.1 Å². The van der Waals surface area contributed by atoms with E-state index in [1.165, 1.54) is 6.07 Å². The lowest BCUT2D eigenvalue weighted by Gasteiger charge is -2.38. The van der Waals surface area contributed by atoms with Gasteiger partial charge in [0, 0.05) is 12.8 Å². The third-order valence-electron chi connectivity index (χ3n) is 4.19. The Morgan fingerprint density at radius 3 is 2.26 bits per heavy atom. The summed E-state index contributed by atoms with van der Waals surface area (Å²) in [4.78, 5) is 0. The molecule has 0 atom stereocenters. The summed E-state index contributed by atoms with van der Waals surface area (Å²) in [7, 11) is 0. The van der Waals surface area contributed by atoms with Crippen molar-refractivity contribution in [2.24, 2.45) is 0 Å². The Morgan fingerprint density at radius 2 is 1.61 bits per heavy atom. The zero-order chi connectivity index (χ0) is 16.3. The van der Waals surface area contributed by atoms with Crippen molar-refractivity contribution in [2.45, 2.75) is 24.6 Å². The molecule has 0 bridgehead atoms. The maximum absolute atomic E-state index is 12.9. The minimum atomic E-state index is -4.37. The van der Waals surface area contributed by atoms with Gasteiger partial charge in [0.1, 0.15) is 11.4 Å². The largest absolute Gasteiger partial charge is 0.482 e. The smallest absolute Gasteiger partial charge is 0.416 e. The number of ether oxygens (including phenoxy) is 1. The Bertz CT molecular complexity index is 649. The molecule has 1 saturated heterocycles. The van der Waals surface area contributed by atoms with E-state index < -0.39 is 17.3 Å². The first-order chi connectivity index (χ1) is 11.0. The summed E-state index contributed by atoms with van der Waals surface area (Å²) >= 11 is 0. The minimum Gasteiger partial charge on any atom is -0.482 e. The third kappa shape index (κ3) is 3.50. The van der Waals surface area contributed by atoms with E-state index in [1.807, 2.05) is 30.3 Å². The van der Waals surface area contributed by atoms with Crippen LogP contribution in [0.5, 0.6) is 5.75 Å². The molecule has 2 nitrogen and oxygen atoms in total. The highest BCUT2D eigenvalue weighted by molar-refractivity contribution is 5.33. The van der Waals surface area contributed by atoms with E-state index in [-0.39, 0.29) is 5.75 Å². The molecule has 122 valence electrons. The van der Waals surface area contributed by atoms with Gasteiger partial charge in [-0.15, -0.1) is 0 Å². The van der Waals surface area contributed by atoms with Gasteiger partial charge in [-0.1, -0.05) is 36.4 Å². The maximum atomic E-state index is 12.9. The fourth-order valence-corrected chi connectivity index (χ4v) is 2.98. The second-order valence-corrected chi connectivity index (χ2v) is 5.74. The van der Waals surface area contributed by atoms with Crippen molar-refractivity contribution >= 4 is 0 Å². The highest BCUT2D eigenvalue weighted by Crippen LogP contribution is 2.38. The summed E-state index contributed by atoms with van der Waals surface area (Å²) in [6, 6.07) is 14.8. The van der Waals surface area contributed by atoms with Crippen LogP contribution < -0.4 is 10.1 Å². The molecule has 5 heteroatoms. The Labute approximate surface area is 133 Å². The molecule has 0 amide bonds. The molecule has 2 aromatic rings. The monoisotopic (exact) mass is 321 g/mol. The van der Waals surface area contributed by atoms with Crippen molar-refractivity contribution in [3.8, 4) is 5.75 Å². The molecule has 3 rings (SSSR count). The topological polar surface area (TPSA) is 21.3 Å². The van der Waals surface area contributed by atoms with Gasteiger partial charge in [-0.3, -0.25) is 0 Å². The van der Waals surface area contributed by atoms with E-state index in [0.29, 0.717) is 12.8 Å². The Hall–Kier alpha value is -2.01. The lowest BCUT2D eigenvalue weighted by atomic mass is 9.84. The molecule has 0 aromatic heterocycles. The molecule has 1 fully saturated rings.